The summed E-state index contributed by atoms with van der Waals surface area (Å²) in [6.07, 6.45) is 6.21. The minimum atomic E-state index is -3.55. The van der Waals surface area contributed by atoms with Gasteiger partial charge in [0, 0.05) is 42.3 Å². The standard InChI is InChI=1S/C13H14BrN3O2S/c1-2-17(10-11-3-5-15-6-4-11)20(18,19)13-7-12(14)8-16-9-13/h3-9H,2,10H2,1H3. The number of aromatic nitrogens is 2. The number of rotatable bonds is 5. The van der Waals surface area contributed by atoms with Gasteiger partial charge in [-0.1, -0.05) is 6.92 Å². The van der Waals surface area contributed by atoms with Crippen molar-refractivity contribution in [2.45, 2.75) is 18.4 Å². The summed E-state index contributed by atoms with van der Waals surface area (Å²) in [6, 6.07) is 5.16. The molecule has 2 aromatic heterocycles. The van der Waals surface area contributed by atoms with Crippen LogP contribution in [-0.4, -0.2) is 29.2 Å². The molecule has 0 saturated heterocycles. The van der Waals surface area contributed by atoms with Crippen molar-refractivity contribution < 1.29 is 8.42 Å². The second-order valence-corrected chi connectivity index (χ2v) is 6.98. The van der Waals surface area contributed by atoms with Gasteiger partial charge in [0.15, 0.2) is 0 Å². The molecule has 0 unspecified atom stereocenters. The van der Waals surface area contributed by atoms with Crippen LogP contribution in [0.1, 0.15) is 12.5 Å². The molecule has 0 atom stereocenters. The van der Waals surface area contributed by atoms with E-state index in [0.29, 0.717) is 17.6 Å². The Morgan fingerprint density at radius 2 is 1.90 bits per heavy atom. The molecule has 0 N–H and O–H groups in total. The first-order valence-electron chi connectivity index (χ1n) is 6.03. The first kappa shape index (κ1) is 15.1. The fraction of sp³-hybridized carbons (Fsp3) is 0.231. The molecule has 106 valence electrons. The molecule has 2 aromatic rings. The number of halogens is 1. The monoisotopic (exact) mass is 355 g/mol. The van der Waals surface area contributed by atoms with Gasteiger partial charge in [-0.25, -0.2) is 8.42 Å². The number of pyridine rings is 2. The van der Waals surface area contributed by atoms with Crippen molar-refractivity contribution in [3.05, 3.63) is 53.0 Å². The van der Waals surface area contributed by atoms with Crippen LogP contribution in [-0.2, 0) is 16.6 Å². The molecule has 0 amide bonds. The fourth-order valence-corrected chi connectivity index (χ4v) is 3.68. The summed E-state index contributed by atoms with van der Waals surface area (Å²) in [4.78, 5) is 8.02. The van der Waals surface area contributed by atoms with Crippen LogP contribution < -0.4 is 0 Å². The summed E-state index contributed by atoms with van der Waals surface area (Å²) in [5.74, 6) is 0. The molecule has 0 aliphatic heterocycles. The number of hydrogen-bond donors (Lipinski definition) is 0. The summed E-state index contributed by atoms with van der Waals surface area (Å²) in [5.41, 5.74) is 0.897. The third-order valence-electron chi connectivity index (χ3n) is 2.78. The lowest BCUT2D eigenvalue weighted by Crippen LogP contribution is -2.30. The van der Waals surface area contributed by atoms with E-state index >= 15 is 0 Å². The van der Waals surface area contributed by atoms with Gasteiger partial charge in [0.1, 0.15) is 4.90 Å². The summed E-state index contributed by atoms with van der Waals surface area (Å²) in [7, 11) is -3.55. The highest BCUT2D eigenvalue weighted by Crippen LogP contribution is 2.20. The van der Waals surface area contributed by atoms with E-state index in [0.717, 1.165) is 5.56 Å². The summed E-state index contributed by atoms with van der Waals surface area (Å²) < 4.78 is 27.2. The fourth-order valence-electron chi connectivity index (χ4n) is 1.74. The Morgan fingerprint density at radius 3 is 2.50 bits per heavy atom. The minimum absolute atomic E-state index is 0.183. The van der Waals surface area contributed by atoms with Crippen LogP contribution in [0, 0.1) is 0 Å². The van der Waals surface area contributed by atoms with Crippen molar-refractivity contribution in [1.82, 2.24) is 14.3 Å². The molecule has 0 aliphatic carbocycles. The highest BCUT2D eigenvalue weighted by atomic mass is 79.9. The van der Waals surface area contributed by atoms with Gasteiger partial charge in [0.25, 0.3) is 0 Å². The number of sulfonamides is 1. The van der Waals surface area contributed by atoms with E-state index in [1.165, 1.54) is 10.5 Å². The minimum Gasteiger partial charge on any atom is -0.265 e. The molecule has 0 radical (unpaired) electrons. The predicted octanol–water partition coefficient (Wildman–Crippen LogP) is 2.45. The van der Waals surface area contributed by atoms with Crippen molar-refractivity contribution in [3.8, 4) is 0 Å². The van der Waals surface area contributed by atoms with E-state index in [9.17, 15) is 8.42 Å². The zero-order valence-electron chi connectivity index (χ0n) is 10.9. The molecule has 0 bridgehead atoms. The SMILES string of the molecule is CCN(Cc1ccncc1)S(=O)(=O)c1cncc(Br)c1. The van der Waals surface area contributed by atoms with Crippen molar-refractivity contribution in [1.29, 1.82) is 0 Å². The second-order valence-electron chi connectivity index (χ2n) is 4.13. The van der Waals surface area contributed by atoms with E-state index in [1.54, 1.807) is 36.8 Å². The van der Waals surface area contributed by atoms with Crippen LogP contribution in [0.2, 0.25) is 0 Å². The molecule has 20 heavy (non-hydrogen) atoms. The molecule has 0 fully saturated rings. The molecule has 7 heteroatoms. The first-order chi connectivity index (χ1) is 9.54. The maximum Gasteiger partial charge on any atom is 0.244 e. The molecule has 2 rings (SSSR count). The Kier molecular flexibility index (Phi) is 4.85. The van der Waals surface area contributed by atoms with Crippen LogP contribution in [0.4, 0.5) is 0 Å². The maximum absolute atomic E-state index is 12.6. The van der Waals surface area contributed by atoms with Crippen LogP contribution >= 0.6 is 15.9 Å². The third kappa shape index (κ3) is 3.41. The lowest BCUT2D eigenvalue weighted by molar-refractivity contribution is 0.423. The van der Waals surface area contributed by atoms with Crippen LogP contribution in [0.25, 0.3) is 0 Å². The predicted molar refractivity (Wildman–Crippen MR) is 79.4 cm³/mol. The third-order valence-corrected chi connectivity index (χ3v) is 5.10. The van der Waals surface area contributed by atoms with E-state index in [-0.39, 0.29) is 4.90 Å². The van der Waals surface area contributed by atoms with E-state index < -0.39 is 10.0 Å². The Hall–Kier alpha value is -1.31. The van der Waals surface area contributed by atoms with Gasteiger partial charge in [-0.05, 0) is 39.7 Å². The van der Waals surface area contributed by atoms with E-state index in [1.807, 2.05) is 6.92 Å². The normalized spacial score (nSPS) is 11.8. The molecular weight excluding hydrogens is 342 g/mol. The number of nitrogens with zero attached hydrogens (tertiary/aromatic N) is 3. The van der Waals surface area contributed by atoms with Gasteiger partial charge in [-0.2, -0.15) is 4.31 Å². The van der Waals surface area contributed by atoms with Gasteiger partial charge < -0.3 is 0 Å². The lowest BCUT2D eigenvalue weighted by Gasteiger charge is -2.20. The average Bonchev–Trinajstić information content (AvgIpc) is 2.45. The molecule has 0 aliphatic rings. The molecule has 0 spiro atoms. The summed E-state index contributed by atoms with van der Waals surface area (Å²) >= 11 is 3.24. The van der Waals surface area contributed by atoms with Crippen molar-refractivity contribution >= 4 is 26.0 Å². The van der Waals surface area contributed by atoms with Gasteiger partial charge in [-0.3, -0.25) is 9.97 Å². The lowest BCUT2D eigenvalue weighted by atomic mass is 10.3. The van der Waals surface area contributed by atoms with Gasteiger partial charge in [0.2, 0.25) is 10.0 Å². The molecule has 5 nitrogen and oxygen atoms in total. The average molecular weight is 356 g/mol. The van der Waals surface area contributed by atoms with Gasteiger partial charge in [0.05, 0.1) is 0 Å². The molecule has 0 saturated carbocycles. The van der Waals surface area contributed by atoms with E-state index in [2.05, 4.69) is 25.9 Å². The Morgan fingerprint density at radius 1 is 1.20 bits per heavy atom. The zero-order valence-corrected chi connectivity index (χ0v) is 13.3. The van der Waals surface area contributed by atoms with E-state index in [4.69, 9.17) is 0 Å². The van der Waals surface area contributed by atoms with Crippen LogP contribution in [0.15, 0.2) is 52.4 Å². The van der Waals surface area contributed by atoms with Crippen LogP contribution in [0.3, 0.4) is 0 Å². The Balaban J connectivity index is 2.31. The number of hydrogen-bond acceptors (Lipinski definition) is 4. The van der Waals surface area contributed by atoms with Crippen LogP contribution in [0.5, 0.6) is 0 Å². The topological polar surface area (TPSA) is 63.2 Å². The largest absolute Gasteiger partial charge is 0.265 e. The second kappa shape index (κ2) is 6.43. The molecule has 2 heterocycles. The van der Waals surface area contributed by atoms with Gasteiger partial charge >= 0.3 is 0 Å². The Labute approximate surface area is 126 Å². The smallest absolute Gasteiger partial charge is 0.244 e. The molecule has 0 aromatic carbocycles. The quantitative estimate of drug-likeness (QED) is 0.826. The highest BCUT2D eigenvalue weighted by Gasteiger charge is 2.23. The summed E-state index contributed by atoms with van der Waals surface area (Å²) in [5, 5.41) is 0. The zero-order chi connectivity index (χ0) is 14.6. The molecular formula is C13H14BrN3O2S. The highest BCUT2D eigenvalue weighted by molar-refractivity contribution is 9.10. The van der Waals surface area contributed by atoms with Crippen molar-refractivity contribution in [2.75, 3.05) is 6.54 Å². The Bertz CT molecular complexity index is 677. The van der Waals surface area contributed by atoms with Crippen molar-refractivity contribution in [3.63, 3.8) is 0 Å². The van der Waals surface area contributed by atoms with Gasteiger partial charge in [-0.15, -0.1) is 0 Å². The van der Waals surface area contributed by atoms with Crippen molar-refractivity contribution in [2.24, 2.45) is 0 Å². The summed E-state index contributed by atoms with van der Waals surface area (Å²) in [6.45, 7) is 2.51. The first-order valence-corrected chi connectivity index (χ1v) is 8.27. The maximum atomic E-state index is 12.6.